The second-order valence-corrected chi connectivity index (χ2v) is 7.60. The van der Waals surface area contributed by atoms with Crippen LogP contribution in [0.1, 0.15) is 5.56 Å². The molecule has 2 heterocycles. The molecule has 0 aliphatic carbocycles. The molecular weight excluding hydrogens is 453 g/mol. The fourth-order valence-corrected chi connectivity index (χ4v) is 3.43. The quantitative estimate of drug-likeness (QED) is 0.556. The SMILES string of the molecule is CN1CCN(c2nn(-c3ccc(C(F)(F)F)cc3)c3ccccc23)CC1.O=C(O)C=CC(=O)O. The number of hydrogen-bond donors (Lipinski definition) is 2. The Morgan fingerprint density at radius 1 is 0.912 bits per heavy atom. The number of para-hydroxylation sites is 1. The van der Waals surface area contributed by atoms with Gasteiger partial charge in [0.2, 0.25) is 0 Å². The Morgan fingerprint density at radius 2 is 1.47 bits per heavy atom. The van der Waals surface area contributed by atoms with Gasteiger partial charge in [0.25, 0.3) is 0 Å². The number of rotatable bonds is 4. The van der Waals surface area contributed by atoms with E-state index in [1.54, 1.807) is 4.68 Å². The fraction of sp³-hybridized carbons (Fsp3) is 0.261. The van der Waals surface area contributed by atoms with E-state index in [0.717, 1.165) is 55.0 Å². The largest absolute Gasteiger partial charge is 0.478 e. The Hall–Kier alpha value is -3.86. The Kier molecular flexibility index (Phi) is 7.57. The van der Waals surface area contributed by atoms with Crippen LogP contribution in [-0.2, 0) is 15.8 Å². The standard InChI is InChI=1S/C19H19F3N4.C4H4O4/c1-24-10-12-25(13-11-24)18-16-4-2-3-5-17(16)26(23-18)15-8-6-14(7-9-15)19(20,21)22;5-3(6)1-2-4(7)8/h2-9H,10-13H2,1H3;1-2H,(H,5,6)(H,7,8). The molecule has 1 saturated heterocycles. The van der Waals surface area contributed by atoms with Crippen molar-refractivity contribution in [1.29, 1.82) is 0 Å². The normalized spacial score (nSPS) is 14.8. The van der Waals surface area contributed by atoms with Crippen LogP contribution in [0.3, 0.4) is 0 Å². The number of hydrogen-bond acceptors (Lipinski definition) is 5. The summed E-state index contributed by atoms with van der Waals surface area (Å²) in [5, 5.41) is 21.4. The number of alkyl halides is 3. The summed E-state index contributed by atoms with van der Waals surface area (Å²) in [6.45, 7) is 3.68. The molecular formula is C23H23F3N4O4. The van der Waals surface area contributed by atoms with Crippen molar-refractivity contribution in [3.63, 3.8) is 0 Å². The van der Waals surface area contributed by atoms with Gasteiger partial charge < -0.3 is 20.0 Å². The topological polar surface area (TPSA) is 98.9 Å². The zero-order valence-electron chi connectivity index (χ0n) is 18.2. The van der Waals surface area contributed by atoms with Crippen LogP contribution in [0.15, 0.2) is 60.7 Å². The van der Waals surface area contributed by atoms with Crippen LogP contribution in [0.4, 0.5) is 19.0 Å². The van der Waals surface area contributed by atoms with Crippen molar-refractivity contribution < 1.29 is 33.0 Å². The molecule has 1 aliphatic heterocycles. The molecule has 4 rings (SSSR count). The minimum atomic E-state index is -4.34. The minimum absolute atomic E-state index is 0.558. The molecule has 0 radical (unpaired) electrons. The van der Waals surface area contributed by atoms with E-state index in [1.807, 2.05) is 24.3 Å². The highest BCUT2D eigenvalue weighted by Gasteiger charge is 2.30. The second-order valence-electron chi connectivity index (χ2n) is 7.60. The fourth-order valence-electron chi connectivity index (χ4n) is 3.43. The molecule has 0 spiro atoms. The van der Waals surface area contributed by atoms with Crippen molar-refractivity contribution in [2.45, 2.75) is 6.18 Å². The molecule has 8 nitrogen and oxygen atoms in total. The Labute approximate surface area is 193 Å². The van der Waals surface area contributed by atoms with Crippen molar-refractivity contribution in [2.75, 3.05) is 38.1 Å². The first kappa shape index (κ1) is 24.8. The number of carboxylic acids is 2. The third-order valence-electron chi connectivity index (χ3n) is 5.18. The lowest BCUT2D eigenvalue weighted by molar-refractivity contribution is -0.137. The van der Waals surface area contributed by atoms with E-state index in [-0.39, 0.29) is 0 Å². The summed E-state index contributed by atoms with van der Waals surface area (Å²) >= 11 is 0. The van der Waals surface area contributed by atoms with Gasteiger partial charge in [0.05, 0.1) is 16.8 Å². The third-order valence-corrected chi connectivity index (χ3v) is 5.18. The van der Waals surface area contributed by atoms with E-state index < -0.39 is 23.7 Å². The van der Waals surface area contributed by atoms with Gasteiger partial charge in [-0.3, -0.25) is 0 Å². The number of halogens is 3. The first-order chi connectivity index (χ1) is 16.1. The molecule has 2 aromatic carbocycles. The third kappa shape index (κ3) is 6.13. The molecule has 0 saturated carbocycles. The van der Waals surface area contributed by atoms with Crippen LogP contribution < -0.4 is 4.90 Å². The molecule has 34 heavy (non-hydrogen) atoms. The summed E-state index contributed by atoms with van der Waals surface area (Å²) < 4.78 is 40.2. The van der Waals surface area contributed by atoms with Crippen molar-refractivity contribution in [3.8, 4) is 5.69 Å². The number of carbonyl (C=O) groups is 2. The summed E-state index contributed by atoms with van der Waals surface area (Å²) in [4.78, 5) is 23.6. The lowest BCUT2D eigenvalue weighted by Crippen LogP contribution is -2.44. The maximum absolute atomic E-state index is 12.8. The van der Waals surface area contributed by atoms with Gasteiger partial charge >= 0.3 is 18.1 Å². The Morgan fingerprint density at radius 3 is 2.00 bits per heavy atom. The van der Waals surface area contributed by atoms with Crippen molar-refractivity contribution in [3.05, 3.63) is 66.2 Å². The van der Waals surface area contributed by atoms with Crippen LogP contribution in [-0.4, -0.2) is 70.1 Å². The summed E-state index contributed by atoms with van der Waals surface area (Å²) in [7, 11) is 2.09. The number of aliphatic carboxylic acids is 2. The number of fused-ring (bicyclic) bond motifs is 1. The number of carboxylic acid groups (broad SMARTS) is 2. The van der Waals surface area contributed by atoms with Gasteiger partial charge in [-0.1, -0.05) is 12.1 Å². The molecule has 180 valence electrons. The summed E-state index contributed by atoms with van der Waals surface area (Å²) in [6, 6.07) is 13.0. The molecule has 1 aromatic heterocycles. The Bertz CT molecular complexity index is 1170. The number of likely N-dealkylation sites (N-methyl/N-ethyl adjacent to an activating group) is 1. The predicted molar refractivity (Wildman–Crippen MR) is 120 cm³/mol. The number of aromatic nitrogens is 2. The average Bonchev–Trinajstić information content (AvgIpc) is 3.18. The molecule has 1 fully saturated rings. The zero-order valence-corrected chi connectivity index (χ0v) is 18.2. The lowest BCUT2D eigenvalue weighted by atomic mass is 10.2. The highest BCUT2D eigenvalue weighted by Crippen LogP contribution is 2.32. The number of anilines is 1. The maximum Gasteiger partial charge on any atom is 0.416 e. The van der Waals surface area contributed by atoms with Gasteiger partial charge in [-0.05, 0) is 43.4 Å². The highest BCUT2D eigenvalue weighted by molar-refractivity contribution is 5.92. The molecule has 0 atom stereocenters. The van der Waals surface area contributed by atoms with Gasteiger partial charge in [-0.25, -0.2) is 14.3 Å². The monoisotopic (exact) mass is 476 g/mol. The highest BCUT2D eigenvalue weighted by atomic mass is 19.4. The van der Waals surface area contributed by atoms with Crippen LogP contribution in [0, 0.1) is 0 Å². The van der Waals surface area contributed by atoms with E-state index >= 15 is 0 Å². The summed E-state index contributed by atoms with van der Waals surface area (Å²) in [6.07, 6.45) is -3.22. The number of piperazine rings is 1. The van der Waals surface area contributed by atoms with Crippen LogP contribution in [0.25, 0.3) is 16.6 Å². The van der Waals surface area contributed by atoms with E-state index in [4.69, 9.17) is 15.3 Å². The number of benzene rings is 2. The van der Waals surface area contributed by atoms with Crippen LogP contribution >= 0.6 is 0 Å². The first-order valence-electron chi connectivity index (χ1n) is 10.3. The first-order valence-corrected chi connectivity index (χ1v) is 10.3. The molecule has 0 bridgehead atoms. The van der Waals surface area contributed by atoms with Crippen LogP contribution in [0.2, 0.25) is 0 Å². The molecule has 2 N–H and O–H groups in total. The smallest absolute Gasteiger partial charge is 0.416 e. The van der Waals surface area contributed by atoms with E-state index in [9.17, 15) is 22.8 Å². The zero-order chi connectivity index (χ0) is 24.9. The number of nitrogens with zero attached hydrogens (tertiary/aromatic N) is 4. The van der Waals surface area contributed by atoms with Gasteiger partial charge in [0.15, 0.2) is 5.82 Å². The maximum atomic E-state index is 12.8. The molecule has 1 aliphatic rings. The van der Waals surface area contributed by atoms with E-state index in [2.05, 4.69) is 16.8 Å². The second kappa shape index (κ2) is 10.4. The molecule has 0 amide bonds. The van der Waals surface area contributed by atoms with Gasteiger partial charge in [-0.15, -0.1) is 5.10 Å². The summed E-state index contributed by atoms with van der Waals surface area (Å²) in [5.41, 5.74) is 0.854. The van der Waals surface area contributed by atoms with Gasteiger partial charge in [-0.2, -0.15) is 13.2 Å². The predicted octanol–water partition coefficient (Wildman–Crippen LogP) is 3.51. The van der Waals surface area contributed by atoms with E-state index in [1.165, 1.54) is 12.1 Å². The van der Waals surface area contributed by atoms with Crippen molar-refractivity contribution in [1.82, 2.24) is 14.7 Å². The van der Waals surface area contributed by atoms with Gasteiger partial charge in [0.1, 0.15) is 0 Å². The minimum Gasteiger partial charge on any atom is -0.478 e. The van der Waals surface area contributed by atoms with E-state index in [0.29, 0.717) is 17.8 Å². The Balaban J connectivity index is 0.000000350. The average molecular weight is 476 g/mol. The summed E-state index contributed by atoms with van der Waals surface area (Å²) in [5.74, 6) is -1.63. The molecule has 0 unspecified atom stereocenters. The van der Waals surface area contributed by atoms with Crippen molar-refractivity contribution >= 4 is 28.7 Å². The van der Waals surface area contributed by atoms with Crippen LogP contribution in [0.5, 0.6) is 0 Å². The van der Waals surface area contributed by atoms with Gasteiger partial charge in [0, 0.05) is 43.7 Å². The molecule has 3 aromatic rings. The molecule has 11 heteroatoms. The lowest BCUT2D eigenvalue weighted by Gasteiger charge is -2.32. The van der Waals surface area contributed by atoms with Crippen molar-refractivity contribution in [2.24, 2.45) is 0 Å².